The summed E-state index contributed by atoms with van der Waals surface area (Å²) in [7, 11) is 1.60. The highest BCUT2D eigenvalue weighted by molar-refractivity contribution is 9.10. The summed E-state index contributed by atoms with van der Waals surface area (Å²) < 4.78 is 7.81. The van der Waals surface area contributed by atoms with Crippen LogP contribution in [0.2, 0.25) is 0 Å². The van der Waals surface area contributed by atoms with Crippen LogP contribution in [0.15, 0.2) is 22.7 Å². The Morgan fingerprint density at radius 1 is 1.44 bits per heavy atom. The van der Waals surface area contributed by atoms with Crippen molar-refractivity contribution in [3.8, 4) is 5.69 Å². The van der Waals surface area contributed by atoms with E-state index in [-0.39, 0.29) is 6.61 Å². The molecule has 0 unspecified atom stereocenters. The number of methoxy groups -OCH3 is 1. The highest BCUT2D eigenvalue weighted by Crippen LogP contribution is 2.21. The van der Waals surface area contributed by atoms with Gasteiger partial charge in [0.1, 0.15) is 5.69 Å². The van der Waals surface area contributed by atoms with Crippen LogP contribution in [0.25, 0.3) is 5.69 Å². The lowest BCUT2D eigenvalue weighted by Gasteiger charge is -2.08. The molecule has 0 aliphatic heterocycles. The zero-order chi connectivity index (χ0) is 13.1. The van der Waals surface area contributed by atoms with E-state index < -0.39 is 0 Å². The number of aryl methyl sites for hydroxylation is 1. The lowest BCUT2D eigenvalue weighted by molar-refractivity contribution is 0.175. The SMILES string of the molecule is COCc1c(CO)nnn1-c1ccc(C)c(Br)c1. The van der Waals surface area contributed by atoms with E-state index in [0.29, 0.717) is 12.3 Å². The van der Waals surface area contributed by atoms with E-state index in [1.165, 1.54) is 0 Å². The highest BCUT2D eigenvalue weighted by Gasteiger charge is 2.13. The van der Waals surface area contributed by atoms with E-state index in [4.69, 9.17) is 4.74 Å². The Morgan fingerprint density at radius 3 is 2.83 bits per heavy atom. The highest BCUT2D eigenvalue weighted by atomic mass is 79.9. The van der Waals surface area contributed by atoms with Gasteiger partial charge in [-0.15, -0.1) is 5.10 Å². The van der Waals surface area contributed by atoms with E-state index in [0.717, 1.165) is 21.4 Å². The number of hydrogen-bond donors (Lipinski definition) is 1. The third kappa shape index (κ3) is 2.45. The number of hydrogen-bond acceptors (Lipinski definition) is 4. The first kappa shape index (κ1) is 13.2. The van der Waals surface area contributed by atoms with Crippen molar-refractivity contribution in [3.05, 3.63) is 39.6 Å². The Balaban J connectivity index is 2.49. The number of rotatable bonds is 4. The van der Waals surface area contributed by atoms with Crippen molar-refractivity contribution in [1.29, 1.82) is 0 Å². The average molecular weight is 312 g/mol. The fourth-order valence-corrected chi connectivity index (χ4v) is 2.02. The lowest BCUT2D eigenvalue weighted by Crippen LogP contribution is -2.05. The molecular formula is C12H14BrN3O2. The van der Waals surface area contributed by atoms with Gasteiger partial charge in [0.2, 0.25) is 0 Å². The number of aromatic nitrogens is 3. The van der Waals surface area contributed by atoms with Crippen LogP contribution < -0.4 is 0 Å². The molecule has 1 N–H and O–H groups in total. The zero-order valence-corrected chi connectivity index (χ0v) is 11.8. The van der Waals surface area contributed by atoms with Crippen molar-refractivity contribution >= 4 is 15.9 Å². The first-order valence-electron chi connectivity index (χ1n) is 5.47. The number of aliphatic hydroxyl groups excluding tert-OH is 1. The van der Waals surface area contributed by atoms with Gasteiger partial charge in [0, 0.05) is 11.6 Å². The Labute approximate surface area is 114 Å². The average Bonchev–Trinajstić information content (AvgIpc) is 2.76. The van der Waals surface area contributed by atoms with Crippen LogP contribution in [0.1, 0.15) is 17.0 Å². The maximum absolute atomic E-state index is 9.22. The quantitative estimate of drug-likeness (QED) is 0.938. The van der Waals surface area contributed by atoms with Crippen LogP contribution >= 0.6 is 15.9 Å². The summed E-state index contributed by atoms with van der Waals surface area (Å²) in [4.78, 5) is 0. The minimum Gasteiger partial charge on any atom is -0.390 e. The van der Waals surface area contributed by atoms with Gasteiger partial charge in [0.25, 0.3) is 0 Å². The standard InChI is InChI=1S/C12H14BrN3O2/c1-8-3-4-9(5-10(8)13)16-12(7-18-2)11(6-17)14-15-16/h3-5,17H,6-7H2,1-2H3. The topological polar surface area (TPSA) is 60.2 Å². The van der Waals surface area contributed by atoms with E-state index in [1.54, 1.807) is 11.8 Å². The molecule has 1 aromatic heterocycles. The number of aliphatic hydroxyl groups is 1. The summed E-state index contributed by atoms with van der Waals surface area (Å²) in [6, 6.07) is 5.91. The van der Waals surface area contributed by atoms with Gasteiger partial charge in [-0.1, -0.05) is 27.2 Å². The Hall–Kier alpha value is -1.24. The van der Waals surface area contributed by atoms with Crippen LogP contribution in [0.4, 0.5) is 0 Å². The molecule has 18 heavy (non-hydrogen) atoms. The molecule has 0 amide bonds. The van der Waals surface area contributed by atoms with Gasteiger partial charge < -0.3 is 9.84 Å². The van der Waals surface area contributed by atoms with Crippen molar-refractivity contribution in [2.45, 2.75) is 20.1 Å². The Kier molecular flexibility index (Phi) is 4.11. The van der Waals surface area contributed by atoms with Gasteiger partial charge in [-0.3, -0.25) is 0 Å². The second-order valence-corrected chi connectivity index (χ2v) is 4.77. The summed E-state index contributed by atoms with van der Waals surface area (Å²) in [6.45, 7) is 2.23. The molecule has 2 rings (SSSR count). The van der Waals surface area contributed by atoms with Crippen LogP contribution in [0.3, 0.4) is 0 Å². The largest absolute Gasteiger partial charge is 0.390 e. The molecule has 5 nitrogen and oxygen atoms in total. The minimum atomic E-state index is -0.147. The molecule has 0 bridgehead atoms. The molecule has 0 radical (unpaired) electrons. The van der Waals surface area contributed by atoms with Crippen molar-refractivity contribution in [2.75, 3.05) is 7.11 Å². The van der Waals surface area contributed by atoms with Crippen molar-refractivity contribution in [2.24, 2.45) is 0 Å². The number of ether oxygens (including phenoxy) is 1. The van der Waals surface area contributed by atoms with E-state index in [9.17, 15) is 5.11 Å². The predicted molar refractivity (Wildman–Crippen MR) is 70.4 cm³/mol. The Morgan fingerprint density at radius 2 is 2.22 bits per heavy atom. The molecule has 1 aromatic carbocycles. The molecule has 0 spiro atoms. The van der Waals surface area contributed by atoms with Gasteiger partial charge in [0.15, 0.2) is 0 Å². The maximum Gasteiger partial charge on any atom is 0.114 e. The molecule has 1 heterocycles. The molecule has 0 atom stereocenters. The zero-order valence-electron chi connectivity index (χ0n) is 10.2. The predicted octanol–water partition coefficient (Wildman–Crippen LogP) is 1.98. The van der Waals surface area contributed by atoms with Crippen LogP contribution in [-0.4, -0.2) is 27.2 Å². The van der Waals surface area contributed by atoms with Gasteiger partial charge in [-0.2, -0.15) is 0 Å². The first-order valence-corrected chi connectivity index (χ1v) is 6.26. The lowest BCUT2D eigenvalue weighted by atomic mass is 10.2. The smallest absolute Gasteiger partial charge is 0.114 e. The molecule has 0 saturated heterocycles. The van der Waals surface area contributed by atoms with Gasteiger partial charge in [0.05, 0.1) is 24.6 Å². The maximum atomic E-state index is 9.22. The monoisotopic (exact) mass is 311 g/mol. The van der Waals surface area contributed by atoms with Crippen LogP contribution in [0, 0.1) is 6.92 Å². The molecule has 6 heteroatoms. The second-order valence-electron chi connectivity index (χ2n) is 3.92. The van der Waals surface area contributed by atoms with Crippen molar-refractivity contribution in [3.63, 3.8) is 0 Å². The summed E-state index contributed by atoms with van der Waals surface area (Å²) in [6.07, 6.45) is 0. The van der Waals surface area contributed by atoms with Crippen LogP contribution in [-0.2, 0) is 18.0 Å². The molecule has 96 valence electrons. The normalized spacial score (nSPS) is 10.9. The molecule has 2 aromatic rings. The third-order valence-electron chi connectivity index (χ3n) is 2.67. The summed E-state index contributed by atoms with van der Waals surface area (Å²) in [5.74, 6) is 0. The van der Waals surface area contributed by atoms with E-state index in [2.05, 4.69) is 26.2 Å². The molecular weight excluding hydrogens is 298 g/mol. The molecule has 0 fully saturated rings. The number of benzene rings is 1. The number of halogens is 1. The van der Waals surface area contributed by atoms with Crippen molar-refractivity contribution < 1.29 is 9.84 Å². The summed E-state index contributed by atoms with van der Waals surface area (Å²) >= 11 is 3.49. The molecule has 0 aliphatic carbocycles. The fraction of sp³-hybridized carbons (Fsp3) is 0.333. The minimum absolute atomic E-state index is 0.147. The van der Waals surface area contributed by atoms with E-state index >= 15 is 0 Å². The van der Waals surface area contributed by atoms with Gasteiger partial charge in [-0.25, -0.2) is 4.68 Å². The van der Waals surface area contributed by atoms with E-state index in [1.807, 2.05) is 25.1 Å². The van der Waals surface area contributed by atoms with Crippen LogP contribution in [0.5, 0.6) is 0 Å². The summed E-state index contributed by atoms with van der Waals surface area (Å²) in [5, 5.41) is 17.2. The molecule has 0 saturated carbocycles. The summed E-state index contributed by atoms with van der Waals surface area (Å²) in [5.41, 5.74) is 3.32. The molecule has 0 aliphatic rings. The van der Waals surface area contributed by atoms with Crippen molar-refractivity contribution in [1.82, 2.24) is 15.0 Å². The number of nitrogens with zero attached hydrogens (tertiary/aromatic N) is 3. The van der Waals surface area contributed by atoms with Gasteiger partial charge in [-0.05, 0) is 24.6 Å². The first-order chi connectivity index (χ1) is 8.67. The van der Waals surface area contributed by atoms with Gasteiger partial charge >= 0.3 is 0 Å². The fourth-order valence-electron chi connectivity index (χ4n) is 1.66. The second kappa shape index (κ2) is 5.60. The Bertz CT molecular complexity index is 554. The third-order valence-corrected chi connectivity index (χ3v) is 3.53.